The van der Waals surface area contributed by atoms with E-state index in [1.54, 1.807) is 25.5 Å². The Morgan fingerprint density at radius 3 is 3.00 bits per heavy atom. The first-order valence-electron chi connectivity index (χ1n) is 12.1. The van der Waals surface area contributed by atoms with Crippen molar-refractivity contribution in [2.75, 3.05) is 43.5 Å². The van der Waals surface area contributed by atoms with Crippen molar-refractivity contribution < 1.29 is 13.9 Å². The summed E-state index contributed by atoms with van der Waals surface area (Å²) in [6.07, 6.45) is 3.99. The predicted octanol–water partition coefficient (Wildman–Crippen LogP) is 3.14. The minimum absolute atomic E-state index is 0.0748. The van der Waals surface area contributed by atoms with Gasteiger partial charge in [0.25, 0.3) is 0 Å². The standard InChI is InChI=1S/C26H24FN7O2/c1-28-19-8-14(27)7-17-16(19)10-21-24(17)25(34-12-22-23(13-34)35-6-5-30-22)33-26(32-21)36-15-9-20-18(31-11-15)3-2-4-29-20/h2-4,7-9,11,22-23,28,30H,5-6,10,12-13H2,1H3/t22-,23?/m0/s1. The first-order valence-corrected chi connectivity index (χ1v) is 12.1. The molecule has 0 saturated carbocycles. The van der Waals surface area contributed by atoms with Crippen molar-refractivity contribution in [1.82, 2.24) is 25.3 Å². The summed E-state index contributed by atoms with van der Waals surface area (Å²) < 4.78 is 26.7. The largest absolute Gasteiger partial charge is 0.423 e. The molecule has 9 nitrogen and oxygen atoms in total. The zero-order chi connectivity index (χ0) is 24.2. The molecule has 1 unspecified atom stereocenters. The van der Waals surface area contributed by atoms with Gasteiger partial charge < -0.3 is 25.0 Å². The number of nitrogens with zero attached hydrogens (tertiary/aromatic N) is 5. The van der Waals surface area contributed by atoms with Gasteiger partial charge in [-0.3, -0.25) is 9.97 Å². The zero-order valence-electron chi connectivity index (χ0n) is 19.7. The van der Waals surface area contributed by atoms with Gasteiger partial charge in [0, 0.05) is 56.6 Å². The Hall–Kier alpha value is -3.89. The molecule has 3 aromatic heterocycles. The number of aromatic nitrogens is 4. The van der Waals surface area contributed by atoms with Crippen LogP contribution in [-0.4, -0.2) is 65.4 Å². The molecular weight excluding hydrogens is 461 g/mol. The Labute approximate surface area is 206 Å². The molecule has 0 bridgehead atoms. The van der Waals surface area contributed by atoms with Crippen molar-refractivity contribution in [3.05, 3.63) is 59.8 Å². The van der Waals surface area contributed by atoms with Crippen LogP contribution in [0, 0.1) is 5.82 Å². The third-order valence-electron chi connectivity index (χ3n) is 7.08. The molecule has 1 aromatic carbocycles. The zero-order valence-corrected chi connectivity index (χ0v) is 19.7. The Kier molecular flexibility index (Phi) is 4.96. The minimum atomic E-state index is -0.299. The van der Waals surface area contributed by atoms with E-state index in [1.165, 1.54) is 6.07 Å². The van der Waals surface area contributed by atoms with Crippen LogP contribution in [0.25, 0.3) is 22.2 Å². The molecule has 3 aliphatic rings. The second-order valence-corrected chi connectivity index (χ2v) is 9.25. The summed E-state index contributed by atoms with van der Waals surface area (Å²) in [7, 11) is 1.80. The van der Waals surface area contributed by atoms with Crippen LogP contribution in [0.1, 0.15) is 11.3 Å². The Balaban J connectivity index is 1.33. The van der Waals surface area contributed by atoms with Gasteiger partial charge in [0.05, 0.1) is 41.7 Å². The number of halogens is 1. The van der Waals surface area contributed by atoms with Crippen LogP contribution >= 0.6 is 0 Å². The van der Waals surface area contributed by atoms with E-state index < -0.39 is 0 Å². The van der Waals surface area contributed by atoms with E-state index >= 15 is 0 Å². The molecule has 0 radical (unpaired) electrons. The number of fused-ring (bicyclic) bond motifs is 5. The van der Waals surface area contributed by atoms with Gasteiger partial charge in [-0.05, 0) is 35.4 Å². The van der Waals surface area contributed by atoms with Crippen molar-refractivity contribution in [3.8, 4) is 22.9 Å². The van der Waals surface area contributed by atoms with Crippen molar-refractivity contribution in [1.29, 1.82) is 0 Å². The molecule has 2 atom stereocenters. The maximum Gasteiger partial charge on any atom is 0.324 e. The highest BCUT2D eigenvalue weighted by Gasteiger charge is 2.39. The lowest BCUT2D eigenvalue weighted by atomic mass is 10.0. The molecule has 1 aliphatic carbocycles. The summed E-state index contributed by atoms with van der Waals surface area (Å²) in [4.78, 5) is 20.6. The Bertz CT molecular complexity index is 1480. The summed E-state index contributed by atoms with van der Waals surface area (Å²) in [5.41, 5.74) is 5.74. The van der Waals surface area contributed by atoms with Crippen LogP contribution in [0.15, 0.2) is 42.7 Å². The van der Waals surface area contributed by atoms with E-state index in [4.69, 9.17) is 19.4 Å². The van der Waals surface area contributed by atoms with Gasteiger partial charge in [-0.1, -0.05) is 0 Å². The first kappa shape index (κ1) is 21.4. The first-order chi connectivity index (χ1) is 17.7. The molecule has 0 amide bonds. The van der Waals surface area contributed by atoms with Gasteiger partial charge in [-0.15, -0.1) is 0 Å². The van der Waals surface area contributed by atoms with Crippen molar-refractivity contribution in [3.63, 3.8) is 0 Å². The van der Waals surface area contributed by atoms with Gasteiger partial charge >= 0.3 is 6.01 Å². The van der Waals surface area contributed by atoms with Crippen LogP contribution in [0.5, 0.6) is 11.8 Å². The lowest BCUT2D eigenvalue weighted by Gasteiger charge is -2.25. The van der Waals surface area contributed by atoms with Crippen LogP contribution in [0.2, 0.25) is 0 Å². The summed E-state index contributed by atoms with van der Waals surface area (Å²) in [5.74, 6) is 0.935. The fraction of sp³-hybridized carbons (Fsp3) is 0.308. The van der Waals surface area contributed by atoms with Gasteiger partial charge in [0.2, 0.25) is 0 Å². The third kappa shape index (κ3) is 3.52. The fourth-order valence-electron chi connectivity index (χ4n) is 5.45. The maximum atomic E-state index is 14.6. The van der Waals surface area contributed by atoms with Crippen LogP contribution in [-0.2, 0) is 11.2 Å². The summed E-state index contributed by atoms with van der Waals surface area (Å²) in [6, 6.07) is 9.10. The number of ether oxygens (including phenoxy) is 2. The predicted molar refractivity (Wildman–Crippen MR) is 133 cm³/mol. The molecule has 2 saturated heterocycles. The highest BCUT2D eigenvalue weighted by Crippen LogP contribution is 2.46. The number of pyridine rings is 2. The highest BCUT2D eigenvalue weighted by molar-refractivity contribution is 5.88. The number of morpholine rings is 1. The fourth-order valence-corrected chi connectivity index (χ4v) is 5.45. The van der Waals surface area contributed by atoms with E-state index in [0.29, 0.717) is 25.3 Å². The molecule has 5 heterocycles. The lowest BCUT2D eigenvalue weighted by molar-refractivity contribution is 0.0212. The molecule has 4 aromatic rings. The normalized spacial score (nSPS) is 20.2. The van der Waals surface area contributed by atoms with Gasteiger partial charge in [-0.2, -0.15) is 9.97 Å². The molecule has 2 fully saturated rings. The molecule has 10 heteroatoms. The van der Waals surface area contributed by atoms with Crippen molar-refractivity contribution >= 4 is 22.5 Å². The van der Waals surface area contributed by atoms with E-state index in [-0.39, 0.29) is 24.0 Å². The molecule has 182 valence electrons. The quantitative estimate of drug-likeness (QED) is 0.398. The van der Waals surface area contributed by atoms with E-state index in [0.717, 1.165) is 58.0 Å². The second-order valence-electron chi connectivity index (χ2n) is 9.25. The molecule has 7 rings (SSSR count). The van der Waals surface area contributed by atoms with Crippen LogP contribution in [0.4, 0.5) is 15.9 Å². The number of anilines is 2. The number of hydrogen-bond acceptors (Lipinski definition) is 9. The number of benzene rings is 1. The average molecular weight is 486 g/mol. The molecule has 36 heavy (non-hydrogen) atoms. The van der Waals surface area contributed by atoms with Gasteiger partial charge in [-0.25, -0.2) is 4.39 Å². The molecular formula is C26H24FN7O2. The Morgan fingerprint density at radius 1 is 1.17 bits per heavy atom. The van der Waals surface area contributed by atoms with E-state index in [9.17, 15) is 4.39 Å². The summed E-state index contributed by atoms with van der Waals surface area (Å²) in [6.45, 7) is 2.94. The summed E-state index contributed by atoms with van der Waals surface area (Å²) >= 11 is 0. The minimum Gasteiger partial charge on any atom is -0.423 e. The van der Waals surface area contributed by atoms with E-state index in [2.05, 4.69) is 25.5 Å². The average Bonchev–Trinajstić information content (AvgIpc) is 3.49. The van der Waals surface area contributed by atoms with Gasteiger partial charge in [0.1, 0.15) is 11.6 Å². The Morgan fingerprint density at radius 2 is 2.11 bits per heavy atom. The second kappa shape index (κ2) is 8.35. The SMILES string of the molecule is CNc1cc(F)cc2c1Cc1nc(Oc3cnc4cccnc4c3)nc(N3CC4OCCN[C@H]4C3)c1-2. The topological polar surface area (TPSA) is 97.3 Å². The number of hydrogen-bond donors (Lipinski definition) is 2. The molecule has 2 aliphatic heterocycles. The van der Waals surface area contributed by atoms with Crippen molar-refractivity contribution in [2.24, 2.45) is 0 Å². The third-order valence-corrected chi connectivity index (χ3v) is 7.08. The molecule has 2 N–H and O–H groups in total. The highest BCUT2D eigenvalue weighted by atomic mass is 19.1. The number of rotatable bonds is 4. The van der Waals surface area contributed by atoms with Crippen LogP contribution in [0.3, 0.4) is 0 Å². The molecule has 0 spiro atoms. The monoisotopic (exact) mass is 485 g/mol. The summed E-state index contributed by atoms with van der Waals surface area (Å²) in [5, 5.41) is 6.67. The van der Waals surface area contributed by atoms with Crippen LogP contribution < -0.4 is 20.3 Å². The smallest absolute Gasteiger partial charge is 0.324 e. The van der Waals surface area contributed by atoms with Crippen molar-refractivity contribution in [2.45, 2.75) is 18.6 Å². The van der Waals surface area contributed by atoms with E-state index in [1.807, 2.05) is 18.2 Å². The lowest BCUT2D eigenvalue weighted by Crippen LogP contribution is -2.47. The van der Waals surface area contributed by atoms with Gasteiger partial charge in [0.15, 0.2) is 5.75 Å². The maximum absolute atomic E-state index is 14.6. The number of nitrogens with one attached hydrogen (secondary N) is 2.